The highest BCUT2D eigenvalue weighted by Gasteiger charge is 2.39. The van der Waals surface area contributed by atoms with Crippen LogP contribution in [0.2, 0.25) is 0 Å². The molecule has 1 heterocycles. The lowest BCUT2D eigenvalue weighted by atomic mass is 10.0. The van der Waals surface area contributed by atoms with Gasteiger partial charge >= 0.3 is 0 Å². The Labute approximate surface area is 77.6 Å². The summed E-state index contributed by atoms with van der Waals surface area (Å²) in [6.45, 7) is 1.63. The fraction of sp³-hybridized carbons (Fsp3) is 0.857. The average molecular weight is 206 g/mol. The summed E-state index contributed by atoms with van der Waals surface area (Å²) < 4.78 is 22.3. The molecule has 1 saturated heterocycles. The highest BCUT2D eigenvalue weighted by atomic mass is 32.2. The lowest BCUT2D eigenvalue weighted by Crippen LogP contribution is -2.49. The summed E-state index contributed by atoms with van der Waals surface area (Å²) in [4.78, 5) is 11.0. The van der Waals surface area contributed by atoms with Crippen molar-refractivity contribution in [2.45, 2.75) is 18.9 Å². The molecule has 1 aliphatic heterocycles. The highest BCUT2D eigenvalue weighted by molar-refractivity contribution is 7.91. The van der Waals surface area contributed by atoms with Gasteiger partial charge < -0.3 is 11.1 Å². The second kappa shape index (κ2) is 3.26. The molecule has 13 heavy (non-hydrogen) atoms. The van der Waals surface area contributed by atoms with Crippen molar-refractivity contribution in [3.63, 3.8) is 0 Å². The van der Waals surface area contributed by atoms with Crippen LogP contribution >= 0.6 is 0 Å². The van der Waals surface area contributed by atoms with Crippen molar-refractivity contribution in [1.82, 2.24) is 5.32 Å². The van der Waals surface area contributed by atoms with Gasteiger partial charge in [0.1, 0.15) is 0 Å². The molecule has 1 fully saturated rings. The van der Waals surface area contributed by atoms with Crippen molar-refractivity contribution in [1.29, 1.82) is 0 Å². The molecule has 0 aromatic rings. The van der Waals surface area contributed by atoms with Gasteiger partial charge in [0.05, 0.1) is 23.6 Å². The van der Waals surface area contributed by atoms with E-state index in [0.717, 1.165) is 0 Å². The summed E-state index contributed by atoms with van der Waals surface area (Å²) in [7, 11) is -2.96. The Balaban J connectivity index is 2.65. The molecule has 5 nitrogen and oxygen atoms in total. The van der Waals surface area contributed by atoms with Crippen molar-refractivity contribution in [2.24, 2.45) is 5.73 Å². The van der Waals surface area contributed by atoms with Crippen molar-refractivity contribution >= 4 is 15.7 Å². The average Bonchev–Trinajstić information content (AvgIpc) is 2.25. The minimum atomic E-state index is -2.96. The molecule has 1 aliphatic rings. The third-order valence-corrected chi connectivity index (χ3v) is 4.03. The number of hydrogen-bond acceptors (Lipinski definition) is 4. The molecule has 1 unspecified atom stereocenters. The third kappa shape index (κ3) is 2.67. The maximum Gasteiger partial charge on any atom is 0.234 e. The number of carbonyl (C=O) groups is 1. The van der Waals surface area contributed by atoms with E-state index in [1.54, 1.807) is 6.92 Å². The quantitative estimate of drug-likeness (QED) is 0.584. The maximum atomic E-state index is 11.1. The topological polar surface area (TPSA) is 89.3 Å². The van der Waals surface area contributed by atoms with Gasteiger partial charge in [0.15, 0.2) is 9.84 Å². The van der Waals surface area contributed by atoms with Crippen molar-refractivity contribution in [3.8, 4) is 0 Å². The number of amides is 1. The number of nitrogens with two attached hydrogens (primary N) is 1. The van der Waals surface area contributed by atoms with Gasteiger partial charge in [-0.3, -0.25) is 4.79 Å². The summed E-state index contributed by atoms with van der Waals surface area (Å²) in [5.74, 6) is -0.139. The summed E-state index contributed by atoms with van der Waals surface area (Å²) in [5, 5.41) is 2.62. The number of rotatable bonds is 2. The van der Waals surface area contributed by atoms with Crippen LogP contribution in [0.3, 0.4) is 0 Å². The van der Waals surface area contributed by atoms with Gasteiger partial charge in [-0.2, -0.15) is 0 Å². The molecule has 0 radical (unpaired) electrons. The minimum Gasteiger partial charge on any atom is -0.349 e. The van der Waals surface area contributed by atoms with Crippen LogP contribution in [0.15, 0.2) is 0 Å². The Morgan fingerprint density at radius 2 is 2.23 bits per heavy atom. The predicted octanol–water partition coefficient (Wildman–Crippen LogP) is -1.36. The highest BCUT2D eigenvalue weighted by Crippen LogP contribution is 2.22. The molecular formula is C7H14N2O3S. The Morgan fingerprint density at radius 3 is 2.62 bits per heavy atom. The molecule has 0 aromatic carbocycles. The van der Waals surface area contributed by atoms with E-state index in [-0.39, 0.29) is 24.0 Å². The second-order valence-electron chi connectivity index (χ2n) is 3.65. The zero-order chi connectivity index (χ0) is 10.1. The summed E-state index contributed by atoms with van der Waals surface area (Å²) >= 11 is 0. The lowest BCUT2D eigenvalue weighted by Gasteiger charge is -2.23. The second-order valence-corrected chi connectivity index (χ2v) is 5.84. The fourth-order valence-electron chi connectivity index (χ4n) is 1.50. The Morgan fingerprint density at radius 1 is 1.62 bits per heavy atom. The third-order valence-electron chi connectivity index (χ3n) is 2.13. The molecule has 0 aromatic heterocycles. The number of carbonyl (C=O) groups excluding carboxylic acids is 1. The molecule has 76 valence electrons. The molecule has 1 amide bonds. The summed E-state index contributed by atoms with van der Waals surface area (Å²) in [6, 6.07) is 0. The van der Waals surface area contributed by atoms with E-state index >= 15 is 0 Å². The van der Waals surface area contributed by atoms with E-state index in [1.807, 2.05) is 0 Å². The van der Waals surface area contributed by atoms with Gasteiger partial charge in [0.2, 0.25) is 5.91 Å². The van der Waals surface area contributed by atoms with Crippen molar-refractivity contribution < 1.29 is 13.2 Å². The first kappa shape index (κ1) is 10.5. The standard InChI is InChI=1S/C7H14N2O3S/c1-7(9-6(10)4-8)2-3-13(11,12)5-7/h2-5,8H2,1H3,(H,9,10). The van der Waals surface area contributed by atoms with E-state index in [0.29, 0.717) is 6.42 Å². The van der Waals surface area contributed by atoms with Crippen molar-refractivity contribution in [3.05, 3.63) is 0 Å². The van der Waals surface area contributed by atoms with Gasteiger partial charge in [-0.25, -0.2) is 8.42 Å². The van der Waals surface area contributed by atoms with Crippen LogP contribution in [0.1, 0.15) is 13.3 Å². The Bertz CT molecular complexity index is 312. The molecule has 0 aliphatic carbocycles. The van der Waals surface area contributed by atoms with Crippen LogP contribution in [0.25, 0.3) is 0 Å². The van der Waals surface area contributed by atoms with E-state index in [4.69, 9.17) is 5.73 Å². The first-order valence-corrected chi connectivity index (χ1v) is 5.91. The molecule has 0 bridgehead atoms. The number of sulfone groups is 1. The molecule has 0 spiro atoms. The normalized spacial score (nSPS) is 31.5. The molecule has 0 saturated carbocycles. The van der Waals surface area contributed by atoms with Gasteiger partial charge in [0.25, 0.3) is 0 Å². The molecule has 1 rings (SSSR count). The van der Waals surface area contributed by atoms with Crippen molar-refractivity contribution in [2.75, 3.05) is 18.1 Å². The van der Waals surface area contributed by atoms with E-state index in [1.165, 1.54) is 0 Å². The van der Waals surface area contributed by atoms with Gasteiger partial charge in [-0.1, -0.05) is 0 Å². The fourth-order valence-corrected chi connectivity index (χ4v) is 3.59. The maximum absolute atomic E-state index is 11.1. The van der Waals surface area contributed by atoms with Gasteiger partial charge in [-0.15, -0.1) is 0 Å². The van der Waals surface area contributed by atoms with Crippen LogP contribution in [0, 0.1) is 0 Å². The zero-order valence-electron chi connectivity index (χ0n) is 7.54. The van der Waals surface area contributed by atoms with E-state index in [9.17, 15) is 13.2 Å². The number of nitrogens with one attached hydrogen (secondary N) is 1. The summed E-state index contributed by atoms with van der Waals surface area (Å²) in [6.07, 6.45) is 0.473. The van der Waals surface area contributed by atoms with Gasteiger partial charge in [0, 0.05) is 0 Å². The molecule has 1 atom stereocenters. The van der Waals surface area contributed by atoms with Crippen LogP contribution in [0.5, 0.6) is 0 Å². The Kier molecular flexibility index (Phi) is 2.63. The van der Waals surface area contributed by atoms with E-state index in [2.05, 4.69) is 5.32 Å². The lowest BCUT2D eigenvalue weighted by molar-refractivity contribution is -0.121. The van der Waals surface area contributed by atoms with Crippen LogP contribution in [0.4, 0.5) is 0 Å². The molecule has 6 heteroatoms. The SMILES string of the molecule is CC1(NC(=O)CN)CCS(=O)(=O)C1. The molecular weight excluding hydrogens is 192 g/mol. The predicted molar refractivity (Wildman–Crippen MR) is 48.9 cm³/mol. The zero-order valence-corrected chi connectivity index (χ0v) is 8.36. The Hall–Kier alpha value is -0.620. The first-order valence-electron chi connectivity index (χ1n) is 4.08. The largest absolute Gasteiger partial charge is 0.349 e. The monoisotopic (exact) mass is 206 g/mol. The van der Waals surface area contributed by atoms with Crippen LogP contribution in [-0.2, 0) is 14.6 Å². The van der Waals surface area contributed by atoms with Crippen LogP contribution < -0.4 is 11.1 Å². The number of hydrogen-bond donors (Lipinski definition) is 2. The first-order chi connectivity index (χ1) is 5.87. The smallest absolute Gasteiger partial charge is 0.234 e. The van der Waals surface area contributed by atoms with Crippen LogP contribution in [-0.4, -0.2) is 37.9 Å². The van der Waals surface area contributed by atoms with E-state index < -0.39 is 15.4 Å². The minimum absolute atomic E-state index is 0.0196. The van der Waals surface area contributed by atoms with Gasteiger partial charge in [-0.05, 0) is 13.3 Å². The summed E-state index contributed by atoms with van der Waals surface area (Å²) in [5.41, 5.74) is 4.50. The molecule has 3 N–H and O–H groups in total.